The summed E-state index contributed by atoms with van der Waals surface area (Å²) in [6.45, 7) is 4.64. The Bertz CT molecular complexity index is 271. The maximum absolute atomic E-state index is 12.5. The molecule has 0 saturated heterocycles. The topological polar surface area (TPSA) is 66.6 Å². The van der Waals surface area contributed by atoms with Crippen molar-refractivity contribution in [2.45, 2.75) is 76.8 Å². The molecule has 1 aliphatic carbocycles. The van der Waals surface area contributed by atoms with Crippen LogP contribution >= 0.6 is 0 Å². The van der Waals surface area contributed by atoms with E-state index in [4.69, 9.17) is 5.73 Å². The van der Waals surface area contributed by atoms with Crippen molar-refractivity contribution in [3.63, 3.8) is 0 Å². The smallest absolute Gasteiger partial charge is 0.224 e. The fourth-order valence-electron chi connectivity index (χ4n) is 3.18. The van der Waals surface area contributed by atoms with Crippen LogP contribution < -0.4 is 5.73 Å². The number of nitrogens with two attached hydrogens (primary N) is 1. The molecule has 0 radical (unpaired) electrons. The minimum Gasteiger partial charge on any atom is -0.395 e. The molecule has 1 amide bonds. The first kappa shape index (κ1) is 16.4. The zero-order valence-corrected chi connectivity index (χ0v) is 12.5. The van der Waals surface area contributed by atoms with Gasteiger partial charge in [0.2, 0.25) is 5.91 Å². The largest absolute Gasteiger partial charge is 0.395 e. The molecule has 0 unspecified atom stereocenters. The van der Waals surface area contributed by atoms with Crippen LogP contribution in [0.5, 0.6) is 0 Å². The molecule has 112 valence electrons. The second-order valence-electron chi connectivity index (χ2n) is 5.88. The molecule has 0 aromatic rings. The van der Waals surface area contributed by atoms with Crippen molar-refractivity contribution in [3.05, 3.63) is 0 Å². The number of carbonyl (C=O) groups is 1. The SMILES string of the molecule is CCC(CC)N(CCO)C(=O)CC1(N)CCCCC1. The van der Waals surface area contributed by atoms with Crippen molar-refractivity contribution in [1.82, 2.24) is 4.90 Å². The molecule has 0 aromatic heterocycles. The first-order chi connectivity index (χ1) is 9.06. The Balaban J connectivity index is 2.65. The van der Waals surface area contributed by atoms with E-state index in [-0.39, 0.29) is 24.1 Å². The Kier molecular flexibility index (Phi) is 6.80. The molecule has 0 heterocycles. The predicted molar refractivity (Wildman–Crippen MR) is 77.8 cm³/mol. The van der Waals surface area contributed by atoms with Crippen LogP contribution in [0.1, 0.15) is 65.2 Å². The van der Waals surface area contributed by atoms with Gasteiger partial charge in [-0.05, 0) is 25.7 Å². The lowest BCUT2D eigenvalue weighted by atomic mass is 9.80. The second-order valence-corrected chi connectivity index (χ2v) is 5.88. The average molecular weight is 270 g/mol. The number of carbonyl (C=O) groups excluding carboxylic acids is 1. The van der Waals surface area contributed by atoms with Crippen LogP contribution in [0.2, 0.25) is 0 Å². The molecule has 1 rings (SSSR count). The van der Waals surface area contributed by atoms with E-state index >= 15 is 0 Å². The van der Waals surface area contributed by atoms with Crippen molar-refractivity contribution in [3.8, 4) is 0 Å². The summed E-state index contributed by atoms with van der Waals surface area (Å²) >= 11 is 0. The summed E-state index contributed by atoms with van der Waals surface area (Å²) in [6, 6.07) is 0.229. The Morgan fingerprint density at radius 1 is 1.26 bits per heavy atom. The zero-order valence-electron chi connectivity index (χ0n) is 12.5. The highest BCUT2D eigenvalue weighted by molar-refractivity contribution is 5.77. The van der Waals surface area contributed by atoms with E-state index in [2.05, 4.69) is 13.8 Å². The molecule has 4 nitrogen and oxygen atoms in total. The van der Waals surface area contributed by atoms with Crippen molar-refractivity contribution in [2.24, 2.45) is 5.73 Å². The van der Waals surface area contributed by atoms with Crippen molar-refractivity contribution in [2.75, 3.05) is 13.2 Å². The fourth-order valence-corrected chi connectivity index (χ4v) is 3.18. The van der Waals surface area contributed by atoms with Crippen molar-refractivity contribution < 1.29 is 9.90 Å². The first-order valence-corrected chi connectivity index (χ1v) is 7.75. The molecule has 1 saturated carbocycles. The molecule has 3 N–H and O–H groups in total. The van der Waals surface area contributed by atoms with Gasteiger partial charge < -0.3 is 15.7 Å². The van der Waals surface area contributed by atoms with Gasteiger partial charge in [0.05, 0.1) is 6.61 Å². The number of nitrogens with zero attached hydrogens (tertiary/aromatic N) is 1. The van der Waals surface area contributed by atoms with E-state index in [1.54, 1.807) is 0 Å². The number of aliphatic hydroxyl groups is 1. The van der Waals surface area contributed by atoms with Crippen molar-refractivity contribution in [1.29, 1.82) is 0 Å². The molecule has 4 heteroatoms. The summed E-state index contributed by atoms with van der Waals surface area (Å²) in [5.74, 6) is 0.118. The van der Waals surface area contributed by atoms with Crippen LogP contribution in [0.15, 0.2) is 0 Å². The second kappa shape index (κ2) is 7.85. The van der Waals surface area contributed by atoms with Crippen LogP contribution in [0.25, 0.3) is 0 Å². The van der Waals surface area contributed by atoms with Gasteiger partial charge in [-0.1, -0.05) is 33.1 Å². The van der Waals surface area contributed by atoms with E-state index in [0.717, 1.165) is 38.5 Å². The minimum absolute atomic E-state index is 0.0276. The summed E-state index contributed by atoms with van der Waals surface area (Å²) in [7, 11) is 0. The lowest BCUT2D eigenvalue weighted by Gasteiger charge is -2.37. The van der Waals surface area contributed by atoms with E-state index in [1.807, 2.05) is 4.90 Å². The number of aliphatic hydroxyl groups excluding tert-OH is 1. The third-order valence-electron chi connectivity index (χ3n) is 4.40. The van der Waals surface area contributed by atoms with Crippen LogP contribution in [-0.2, 0) is 4.79 Å². The van der Waals surface area contributed by atoms with Gasteiger partial charge in [-0.15, -0.1) is 0 Å². The van der Waals surface area contributed by atoms with Gasteiger partial charge >= 0.3 is 0 Å². The number of hydrogen-bond acceptors (Lipinski definition) is 3. The zero-order chi connectivity index (χ0) is 14.3. The van der Waals surface area contributed by atoms with Gasteiger partial charge in [0, 0.05) is 24.5 Å². The van der Waals surface area contributed by atoms with E-state index in [9.17, 15) is 9.90 Å². The van der Waals surface area contributed by atoms with Crippen molar-refractivity contribution >= 4 is 5.91 Å². The van der Waals surface area contributed by atoms with E-state index < -0.39 is 0 Å². The number of rotatable bonds is 7. The quantitative estimate of drug-likeness (QED) is 0.744. The maximum atomic E-state index is 12.5. The monoisotopic (exact) mass is 270 g/mol. The van der Waals surface area contributed by atoms with Crippen LogP contribution in [0, 0.1) is 0 Å². The van der Waals surface area contributed by atoms with E-state index in [0.29, 0.717) is 13.0 Å². The Labute approximate surface area is 117 Å². The minimum atomic E-state index is -0.310. The fraction of sp³-hybridized carbons (Fsp3) is 0.933. The highest BCUT2D eigenvalue weighted by Gasteiger charge is 2.32. The molecule has 1 fully saturated rings. The molecule has 0 atom stereocenters. The van der Waals surface area contributed by atoms with Crippen LogP contribution in [-0.4, -0.2) is 40.6 Å². The molecule has 1 aliphatic rings. The normalized spacial score (nSPS) is 18.6. The third kappa shape index (κ3) is 4.77. The van der Waals surface area contributed by atoms with Crippen LogP contribution in [0.4, 0.5) is 0 Å². The van der Waals surface area contributed by atoms with Gasteiger partial charge in [0.15, 0.2) is 0 Å². The summed E-state index contributed by atoms with van der Waals surface area (Å²) in [5, 5.41) is 9.17. The molecule has 0 aromatic carbocycles. The lowest BCUT2D eigenvalue weighted by Crippen LogP contribution is -2.49. The predicted octanol–water partition coefficient (Wildman–Crippen LogP) is 2.05. The Morgan fingerprint density at radius 2 is 1.84 bits per heavy atom. The van der Waals surface area contributed by atoms with E-state index in [1.165, 1.54) is 6.42 Å². The lowest BCUT2D eigenvalue weighted by molar-refractivity contribution is -0.136. The molecule has 0 aliphatic heterocycles. The number of amides is 1. The first-order valence-electron chi connectivity index (χ1n) is 7.75. The van der Waals surface area contributed by atoms with Gasteiger partial charge in [-0.2, -0.15) is 0 Å². The molecule has 0 spiro atoms. The highest BCUT2D eigenvalue weighted by atomic mass is 16.3. The summed E-state index contributed by atoms with van der Waals surface area (Å²) in [6.07, 6.45) is 7.70. The summed E-state index contributed by atoms with van der Waals surface area (Å²) in [5.41, 5.74) is 6.06. The number of hydrogen-bond donors (Lipinski definition) is 2. The third-order valence-corrected chi connectivity index (χ3v) is 4.40. The van der Waals surface area contributed by atoms with Gasteiger partial charge in [-0.3, -0.25) is 4.79 Å². The molecule has 19 heavy (non-hydrogen) atoms. The highest BCUT2D eigenvalue weighted by Crippen LogP contribution is 2.29. The molecular formula is C15H30N2O2. The molecular weight excluding hydrogens is 240 g/mol. The standard InChI is InChI=1S/C15H30N2O2/c1-3-13(4-2)17(10-11-18)14(19)12-15(16)8-6-5-7-9-15/h13,18H,3-12,16H2,1-2H3. The van der Waals surface area contributed by atoms with Gasteiger partial charge in [-0.25, -0.2) is 0 Å². The molecule has 0 bridgehead atoms. The summed E-state index contributed by atoms with van der Waals surface area (Å²) < 4.78 is 0. The Hall–Kier alpha value is -0.610. The van der Waals surface area contributed by atoms with Gasteiger partial charge in [0.1, 0.15) is 0 Å². The average Bonchev–Trinajstić information content (AvgIpc) is 2.39. The van der Waals surface area contributed by atoms with Gasteiger partial charge in [0.25, 0.3) is 0 Å². The van der Waals surface area contributed by atoms with Crippen LogP contribution in [0.3, 0.4) is 0 Å². The summed E-state index contributed by atoms with van der Waals surface area (Å²) in [4.78, 5) is 14.3. The maximum Gasteiger partial charge on any atom is 0.224 e. The Morgan fingerprint density at radius 3 is 2.32 bits per heavy atom.